The fraction of sp³-hybridized carbons (Fsp3) is 0.632. The van der Waals surface area contributed by atoms with Crippen LogP contribution in [0.2, 0.25) is 0 Å². The van der Waals surface area contributed by atoms with E-state index in [9.17, 15) is 4.79 Å². The van der Waals surface area contributed by atoms with E-state index in [0.717, 1.165) is 62.1 Å². The van der Waals surface area contributed by atoms with E-state index in [1.54, 1.807) is 0 Å². The van der Waals surface area contributed by atoms with E-state index in [0.29, 0.717) is 19.1 Å². The van der Waals surface area contributed by atoms with Gasteiger partial charge in [-0.2, -0.15) is 0 Å². The summed E-state index contributed by atoms with van der Waals surface area (Å²) in [6.45, 7) is 2.04. The number of amides is 1. The largest absolute Gasteiger partial charge is 0.486 e. The molecule has 1 aromatic rings. The van der Waals surface area contributed by atoms with E-state index >= 15 is 0 Å². The number of nitrogens with zero attached hydrogens (tertiary/aromatic N) is 1. The van der Waals surface area contributed by atoms with Crippen LogP contribution in [-0.2, 0) is 4.79 Å². The Balaban J connectivity index is 1.53. The van der Waals surface area contributed by atoms with E-state index in [1.165, 1.54) is 0 Å². The molecule has 5 heteroatoms. The van der Waals surface area contributed by atoms with Crippen LogP contribution in [0.15, 0.2) is 18.2 Å². The maximum absolute atomic E-state index is 13.0. The average Bonchev–Trinajstić information content (AvgIpc) is 3.10. The monoisotopic (exact) mass is 330 g/mol. The first-order chi connectivity index (χ1) is 11.7. The predicted octanol–water partition coefficient (Wildman–Crippen LogP) is 2.64. The molecule has 1 saturated heterocycles. The number of carbonyl (C=O) groups is 1. The summed E-state index contributed by atoms with van der Waals surface area (Å²) in [6.07, 6.45) is 6.02. The van der Waals surface area contributed by atoms with Crippen molar-refractivity contribution < 1.29 is 14.3 Å². The molecule has 1 aliphatic carbocycles. The van der Waals surface area contributed by atoms with E-state index in [4.69, 9.17) is 15.2 Å². The molecule has 0 spiro atoms. The van der Waals surface area contributed by atoms with Gasteiger partial charge in [-0.1, -0.05) is 12.5 Å². The van der Waals surface area contributed by atoms with Gasteiger partial charge in [0.25, 0.3) is 0 Å². The van der Waals surface area contributed by atoms with E-state index in [1.807, 2.05) is 6.07 Å². The fourth-order valence-corrected chi connectivity index (χ4v) is 4.33. The summed E-state index contributed by atoms with van der Waals surface area (Å²) in [4.78, 5) is 15.1. The molecule has 3 atom stereocenters. The van der Waals surface area contributed by atoms with Crippen molar-refractivity contribution in [2.45, 2.75) is 50.6 Å². The summed E-state index contributed by atoms with van der Waals surface area (Å²) in [5.41, 5.74) is 7.24. The second-order valence-corrected chi connectivity index (χ2v) is 7.22. The minimum atomic E-state index is 0.103. The third-order valence-corrected chi connectivity index (χ3v) is 5.55. The first-order valence-corrected chi connectivity index (χ1v) is 9.18. The highest BCUT2D eigenvalue weighted by atomic mass is 16.6. The molecule has 1 amide bonds. The summed E-state index contributed by atoms with van der Waals surface area (Å²) in [5, 5.41) is 0. The van der Waals surface area contributed by atoms with Crippen molar-refractivity contribution in [2.75, 3.05) is 19.8 Å². The van der Waals surface area contributed by atoms with Crippen LogP contribution >= 0.6 is 0 Å². The Morgan fingerprint density at radius 1 is 1.08 bits per heavy atom. The lowest BCUT2D eigenvalue weighted by Gasteiger charge is -2.33. The molecule has 0 aromatic heterocycles. The van der Waals surface area contributed by atoms with Gasteiger partial charge >= 0.3 is 0 Å². The molecule has 1 aromatic carbocycles. The molecular weight excluding hydrogens is 304 g/mol. The van der Waals surface area contributed by atoms with Crippen molar-refractivity contribution >= 4 is 5.91 Å². The zero-order valence-electron chi connectivity index (χ0n) is 14.1. The lowest BCUT2D eigenvalue weighted by Crippen LogP contribution is -2.40. The van der Waals surface area contributed by atoms with Gasteiger partial charge in [0.05, 0.1) is 6.04 Å². The third kappa shape index (κ3) is 2.97. The molecule has 5 nitrogen and oxygen atoms in total. The fourth-order valence-electron chi connectivity index (χ4n) is 4.33. The molecule has 130 valence electrons. The van der Waals surface area contributed by atoms with Crippen LogP contribution in [0.1, 0.15) is 50.1 Å². The Labute approximate surface area is 143 Å². The number of carbonyl (C=O) groups excluding carboxylic acids is 1. The molecule has 4 rings (SSSR count). The molecule has 3 aliphatic rings. The summed E-state index contributed by atoms with van der Waals surface area (Å²) >= 11 is 0. The Kier molecular flexibility index (Phi) is 4.35. The zero-order valence-corrected chi connectivity index (χ0v) is 14.1. The number of rotatable bonds is 2. The number of likely N-dealkylation sites (tertiary alicyclic amines) is 1. The SMILES string of the molecule is N[C@@H]1CCC[C@H](C(=O)N2CCC[C@@H]2c2ccc3c(c2)OCCO3)C1. The normalized spacial score (nSPS) is 29.5. The number of nitrogens with two attached hydrogens (primary N) is 1. The minimum Gasteiger partial charge on any atom is -0.486 e. The molecule has 0 radical (unpaired) electrons. The van der Waals surface area contributed by atoms with Gasteiger partial charge in [-0.25, -0.2) is 0 Å². The summed E-state index contributed by atoms with van der Waals surface area (Å²) in [5.74, 6) is 2.01. The molecule has 2 aliphatic heterocycles. The lowest BCUT2D eigenvalue weighted by atomic mass is 9.85. The highest BCUT2D eigenvalue weighted by molar-refractivity contribution is 5.80. The van der Waals surface area contributed by atoms with Gasteiger partial charge in [0, 0.05) is 18.5 Å². The first-order valence-electron chi connectivity index (χ1n) is 9.18. The van der Waals surface area contributed by atoms with Gasteiger partial charge in [0.15, 0.2) is 11.5 Å². The zero-order chi connectivity index (χ0) is 16.5. The van der Waals surface area contributed by atoms with E-state index < -0.39 is 0 Å². The summed E-state index contributed by atoms with van der Waals surface area (Å²) < 4.78 is 11.3. The van der Waals surface area contributed by atoms with Crippen LogP contribution in [0.3, 0.4) is 0 Å². The summed E-state index contributed by atoms with van der Waals surface area (Å²) in [7, 11) is 0. The van der Waals surface area contributed by atoms with Gasteiger partial charge in [-0.05, 0) is 49.8 Å². The number of fused-ring (bicyclic) bond motifs is 1. The molecular formula is C19H26N2O3. The van der Waals surface area contributed by atoms with Crippen molar-refractivity contribution in [3.8, 4) is 11.5 Å². The molecule has 24 heavy (non-hydrogen) atoms. The lowest BCUT2D eigenvalue weighted by molar-refractivity contribution is -0.137. The summed E-state index contributed by atoms with van der Waals surface area (Å²) in [6, 6.07) is 6.45. The standard InChI is InChI=1S/C19H26N2O3/c20-15-4-1-3-14(11-15)19(22)21-8-2-5-16(21)13-6-7-17-18(12-13)24-10-9-23-17/h6-7,12,14-16H,1-5,8-11,20H2/t14-,15+,16+/m0/s1. The maximum atomic E-state index is 13.0. The maximum Gasteiger partial charge on any atom is 0.226 e. The van der Waals surface area contributed by atoms with Crippen LogP contribution < -0.4 is 15.2 Å². The Hall–Kier alpha value is -1.75. The van der Waals surface area contributed by atoms with Crippen LogP contribution in [0, 0.1) is 5.92 Å². The highest BCUT2D eigenvalue weighted by Crippen LogP contribution is 2.39. The van der Waals surface area contributed by atoms with Crippen molar-refractivity contribution in [1.29, 1.82) is 0 Å². The quantitative estimate of drug-likeness (QED) is 0.905. The predicted molar refractivity (Wildman–Crippen MR) is 91.1 cm³/mol. The molecule has 2 fully saturated rings. The van der Waals surface area contributed by atoms with Gasteiger partial charge in [-0.15, -0.1) is 0 Å². The van der Waals surface area contributed by atoms with Gasteiger partial charge in [-0.3, -0.25) is 4.79 Å². The van der Waals surface area contributed by atoms with Crippen molar-refractivity contribution in [3.63, 3.8) is 0 Å². The molecule has 2 N–H and O–H groups in total. The van der Waals surface area contributed by atoms with E-state index in [2.05, 4.69) is 17.0 Å². The molecule has 0 bridgehead atoms. The van der Waals surface area contributed by atoms with Crippen molar-refractivity contribution in [1.82, 2.24) is 4.90 Å². The topological polar surface area (TPSA) is 64.8 Å². The Morgan fingerprint density at radius 3 is 2.75 bits per heavy atom. The first kappa shape index (κ1) is 15.8. The molecule has 1 saturated carbocycles. The molecule has 2 heterocycles. The highest BCUT2D eigenvalue weighted by Gasteiger charge is 2.36. The van der Waals surface area contributed by atoms with Crippen molar-refractivity contribution in [2.24, 2.45) is 11.7 Å². The van der Waals surface area contributed by atoms with Gasteiger partial charge in [0.1, 0.15) is 13.2 Å². The van der Waals surface area contributed by atoms with Crippen LogP contribution in [0.25, 0.3) is 0 Å². The number of hydrogen-bond acceptors (Lipinski definition) is 4. The number of hydrogen-bond donors (Lipinski definition) is 1. The average molecular weight is 330 g/mol. The van der Waals surface area contributed by atoms with Gasteiger partial charge in [0.2, 0.25) is 5.91 Å². The smallest absolute Gasteiger partial charge is 0.226 e. The van der Waals surface area contributed by atoms with Gasteiger partial charge < -0.3 is 20.1 Å². The number of ether oxygens (including phenoxy) is 2. The third-order valence-electron chi connectivity index (χ3n) is 5.55. The van der Waals surface area contributed by atoms with Crippen LogP contribution in [-0.4, -0.2) is 36.6 Å². The van der Waals surface area contributed by atoms with Crippen molar-refractivity contribution in [3.05, 3.63) is 23.8 Å². The number of benzene rings is 1. The van der Waals surface area contributed by atoms with Crippen LogP contribution in [0.4, 0.5) is 0 Å². The second kappa shape index (κ2) is 6.63. The Morgan fingerprint density at radius 2 is 1.92 bits per heavy atom. The Bertz CT molecular complexity index is 619. The second-order valence-electron chi connectivity index (χ2n) is 7.22. The van der Waals surface area contributed by atoms with E-state index in [-0.39, 0.29) is 18.0 Å². The minimum absolute atomic E-state index is 0.103. The molecule has 0 unspecified atom stereocenters. The van der Waals surface area contributed by atoms with Crippen LogP contribution in [0.5, 0.6) is 11.5 Å².